The van der Waals surface area contributed by atoms with Crippen LogP contribution in [0.1, 0.15) is 18.9 Å². The Bertz CT molecular complexity index is 530. The largest absolute Gasteiger partial charge is 0.372 e. The van der Waals surface area contributed by atoms with Crippen molar-refractivity contribution in [3.63, 3.8) is 0 Å². The number of ether oxygens (including phenoxy) is 1. The predicted octanol–water partition coefficient (Wildman–Crippen LogP) is 3.35. The lowest BCUT2D eigenvalue weighted by molar-refractivity contribution is 0.0886. The molecule has 0 aliphatic rings. The van der Waals surface area contributed by atoms with E-state index >= 15 is 0 Å². The summed E-state index contributed by atoms with van der Waals surface area (Å²) in [4.78, 5) is 4.08. The van der Waals surface area contributed by atoms with Gasteiger partial charge in [-0.15, -0.1) is 0 Å². The number of hydrogen-bond acceptors (Lipinski definition) is 4. The molecule has 1 heterocycles. The van der Waals surface area contributed by atoms with Crippen molar-refractivity contribution in [3.05, 3.63) is 34.4 Å². The van der Waals surface area contributed by atoms with Gasteiger partial charge in [-0.2, -0.15) is 4.98 Å². The lowest BCUT2D eigenvalue weighted by Gasteiger charge is -2.01. The van der Waals surface area contributed by atoms with E-state index in [1.807, 2.05) is 0 Å². The fourth-order valence-corrected chi connectivity index (χ4v) is 1.61. The van der Waals surface area contributed by atoms with Crippen molar-refractivity contribution in [2.45, 2.75) is 13.0 Å². The number of aromatic nitrogens is 2. The molecule has 1 aromatic carbocycles. The summed E-state index contributed by atoms with van der Waals surface area (Å²) in [6, 6.07) is 4.66. The van der Waals surface area contributed by atoms with Crippen LogP contribution in [0.2, 0.25) is 0 Å². The maximum atomic E-state index is 13.6. The summed E-state index contributed by atoms with van der Waals surface area (Å²) in [7, 11) is 1.54. The number of nitrogens with zero attached hydrogens (tertiary/aromatic N) is 2. The molecule has 0 saturated heterocycles. The van der Waals surface area contributed by atoms with Crippen LogP contribution in [0.5, 0.6) is 0 Å². The summed E-state index contributed by atoms with van der Waals surface area (Å²) in [5, 5.41) is 3.72. The van der Waals surface area contributed by atoms with Gasteiger partial charge in [0.25, 0.3) is 5.89 Å². The van der Waals surface area contributed by atoms with Crippen molar-refractivity contribution in [2.24, 2.45) is 0 Å². The maximum absolute atomic E-state index is 13.6. The molecular weight excluding hydrogens is 291 g/mol. The lowest BCUT2D eigenvalue weighted by Crippen LogP contribution is -1.95. The molecule has 0 aliphatic heterocycles. The molecule has 1 unspecified atom stereocenters. The SMILES string of the molecule is COC(C)c1nc(-c2ccc(Br)cc2F)no1. The molecule has 0 N–H and O–H groups in total. The van der Waals surface area contributed by atoms with Gasteiger partial charge in [-0.25, -0.2) is 4.39 Å². The lowest BCUT2D eigenvalue weighted by atomic mass is 10.2. The molecule has 0 spiro atoms. The van der Waals surface area contributed by atoms with Crippen LogP contribution in [0.4, 0.5) is 4.39 Å². The van der Waals surface area contributed by atoms with Gasteiger partial charge in [-0.05, 0) is 25.1 Å². The van der Waals surface area contributed by atoms with Gasteiger partial charge in [-0.1, -0.05) is 21.1 Å². The number of methoxy groups -OCH3 is 1. The fraction of sp³-hybridized carbons (Fsp3) is 0.273. The van der Waals surface area contributed by atoms with E-state index < -0.39 is 5.82 Å². The van der Waals surface area contributed by atoms with E-state index in [1.165, 1.54) is 13.2 Å². The highest BCUT2D eigenvalue weighted by Crippen LogP contribution is 2.24. The minimum Gasteiger partial charge on any atom is -0.372 e. The first-order chi connectivity index (χ1) is 8.11. The Morgan fingerprint density at radius 1 is 1.47 bits per heavy atom. The van der Waals surface area contributed by atoms with Gasteiger partial charge in [0.2, 0.25) is 5.82 Å². The quantitative estimate of drug-likeness (QED) is 0.872. The summed E-state index contributed by atoms with van der Waals surface area (Å²) < 4.78 is 24.3. The number of rotatable bonds is 3. The molecule has 2 rings (SSSR count). The van der Waals surface area contributed by atoms with E-state index in [-0.39, 0.29) is 11.9 Å². The summed E-state index contributed by atoms with van der Waals surface area (Å²) in [6.45, 7) is 1.77. The molecule has 0 radical (unpaired) electrons. The van der Waals surface area contributed by atoms with E-state index in [1.54, 1.807) is 19.1 Å². The minimum atomic E-state index is -0.406. The average molecular weight is 301 g/mol. The van der Waals surface area contributed by atoms with E-state index in [9.17, 15) is 4.39 Å². The Balaban J connectivity index is 2.37. The smallest absolute Gasteiger partial charge is 0.255 e. The zero-order valence-corrected chi connectivity index (χ0v) is 10.9. The third-order valence-corrected chi connectivity index (χ3v) is 2.81. The Labute approximate surface area is 106 Å². The molecule has 0 fully saturated rings. The molecule has 90 valence electrons. The van der Waals surface area contributed by atoms with Gasteiger partial charge in [0.05, 0.1) is 5.56 Å². The molecule has 2 aromatic rings. The van der Waals surface area contributed by atoms with E-state index in [4.69, 9.17) is 9.26 Å². The summed E-state index contributed by atoms with van der Waals surface area (Å²) >= 11 is 3.18. The van der Waals surface area contributed by atoms with E-state index in [0.29, 0.717) is 15.9 Å². The van der Waals surface area contributed by atoms with Gasteiger partial charge in [-0.3, -0.25) is 0 Å². The molecular formula is C11H10BrFN2O2. The van der Waals surface area contributed by atoms with E-state index in [0.717, 1.165) is 0 Å². The molecule has 0 saturated carbocycles. The molecule has 0 bridgehead atoms. The highest BCUT2D eigenvalue weighted by atomic mass is 79.9. The van der Waals surface area contributed by atoms with Crippen LogP contribution < -0.4 is 0 Å². The van der Waals surface area contributed by atoms with Crippen LogP contribution in [0, 0.1) is 5.82 Å². The van der Waals surface area contributed by atoms with Gasteiger partial charge in [0.1, 0.15) is 11.9 Å². The third kappa shape index (κ3) is 2.53. The first-order valence-corrected chi connectivity index (χ1v) is 5.73. The average Bonchev–Trinajstić information content (AvgIpc) is 2.77. The number of hydrogen-bond donors (Lipinski definition) is 0. The highest BCUT2D eigenvalue weighted by Gasteiger charge is 2.16. The normalized spacial score (nSPS) is 12.7. The van der Waals surface area contributed by atoms with Crippen LogP contribution in [0.15, 0.2) is 27.2 Å². The van der Waals surface area contributed by atoms with Crippen LogP contribution in [-0.2, 0) is 4.74 Å². The van der Waals surface area contributed by atoms with Crippen LogP contribution >= 0.6 is 15.9 Å². The van der Waals surface area contributed by atoms with Crippen LogP contribution in [0.25, 0.3) is 11.4 Å². The third-order valence-electron chi connectivity index (χ3n) is 2.32. The fourth-order valence-electron chi connectivity index (χ4n) is 1.28. The van der Waals surface area contributed by atoms with Crippen molar-refractivity contribution >= 4 is 15.9 Å². The molecule has 4 nitrogen and oxygen atoms in total. The first kappa shape index (κ1) is 12.2. The predicted molar refractivity (Wildman–Crippen MR) is 62.8 cm³/mol. The molecule has 0 amide bonds. The standard InChI is InChI=1S/C11H10BrFN2O2/c1-6(16-2)11-14-10(15-17-11)8-4-3-7(12)5-9(8)13/h3-6H,1-2H3. The maximum Gasteiger partial charge on any atom is 0.255 e. The minimum absolute atomic E-state index is 0.217. The Morgan fingerprint density at radius 2 is 2.24 bits per heavy atom. The molecule has 17 heavy (non-hydrogen) atoms. The molecule has 1 aromatic heterocycles. The van der Waals surface area contributed by atoms with Crippen molar-refractivity contribution in [1.82, 2.24) is 10.1 Å². The Hall–Kier alpha value is -1.27. The number of halogens is 2. The monoisotopic (exact) mass is 300 g/mol. The van der Waals surface area contributed by atoms with Crippen molar-refractivity contribution in [1.29, 1.82) is 0 Å². The van der Waals surface area contributed by atoms with Crippen molar-refractivity contribution in [3.8, 4) is 11.4 Å². The summed E-state index contributed by atoms with van der Waals surface area (Å²) in [5.74, 6) is 0.135. The summed E-state index contributed by atoms with van der Waals surface area (Å²) in [6.07, 6.45) is -0.310. The second kappa shape index (κ2) is 4.93. The van der Waals surface area contributed by atoms with Crippen molar-refractivity contribution < 1.29 is 13.7 Å². The Morgan fingerprint density at radius 3 is 2.88 bits per heavy atom. The molecule has 0 aliphatic carbocycles. The molecule has 6 heteroatoms. The highest BCUT2D eigenvalue weighted by molar-refractivity contribution is 9.10. The van der Waals surface area contributed by atoms with Crippen molar-refractivity contribution in [2.75, 3.05) is 7.11 Å². The second-order valence-electron chi connectivity index (χ2n) is 3.46. The van der Waals surface area contributed by atoms with Gasteiger partial charge < -0.3 is 9.26 Å². The van der Waals surface area contributed by atoms with Gasteiger partial charge >= 0.3 is 0 Å². The summed E-state index contributed by atoms with van der Waals surface area (Å²) in [5.41, 5.74) is 0.298. The topological polar surface area (TPSA) is 48.2 Å². The van der Waals surface area contributed by atoms with E-state index in [2.05, 4.69) is 26.1 Å². The van der Waals surface area contributed by atoms with Gasteiger partial charge in [0, 0.05) is 11.6 Å². The zero-order chi connectivity index (χ0) is 12.4. The van der Waals surface area contributed by atoms with Gasteiger partial charge in [0.15, 0.2) is 0 Å². The number of benzene rings is 1. The van der Waals surface area contributed by atoms with Crippen LogP contribution in [-0.4, -0.2) is 17.3 Å². The molecule has 1 atom stereocenters. The first-order valence-electron chi connectivity index (χ1n) is 4.93. The van der Waals surface area contributed by atoms with Crippen LogP contribution in [0.3, 0.4) is 0 Å². The zero-order valence-electron chi connectivity index (χ0n) is 9.28. The Kier molecular flexibility index (Phi) is 3.54. The second-order valence-corrected chi connectivity index (χ2v) is 4.37.